The summed E-state index contributed by atoms with van der Waals surface area (Å²) in [4.78, 5) is 13.9. The lowest BCUT2D eigenvalue weighted by atomic mass is 10.0. The van der Waals surface area contributed by atoms with Crippen LogP contribution in [0.1, 0.15) is 26.2 Å². The molecule has 1 fully saturated rings. The van der Waals surface area contributed by atoms with E-state index in [1.54, 1.807) is 4.90 Å². The van der Waals surface area contributed by atoms with Crippen molar-refractivity contribution in [2.24, 2.45) is 0 Å². The molecule has 1 heterocycles. The van der Waals surface area contributed by atoms with Crippen LogP contribution in [-0.4, -0.2) is 47.9 Å². The summed E-state index contributed by atoms with van der Waals surface area (Å²) >= 11 is 0. The summed E-state index contributed by atoms with van der Waals surface area (Å²) in [5, 5.41) is 12.3. The van der Waals surface area contributed by atoms with Crippen molar-refractivity contribution in [3.8, 4) is 5.75 Å². The maximum absolute atomic E-state index is 12.1. The molecule has 1 aliphatic heterocycles. The van der Waals surface area contributed by atoms with Gasteiger partial charge in [-0.05, 0) is 38.3 Å². The van der Waals surface area contributed by atoms with Crippen LogP contribution in [0.4, 0.5) is 4.79 Å². The van der Waals surface area contributed by atoms with Crippen LogP contribution in [0.15, 0.2) is 30.3 Å². The zero-order valence-corrected chi connectivity index (χ0v) is 12.5. The number of urea groups is 1. The standard InChI is InChI=1S/C16H24N2O3/c1-16(13-19)9-5-11-18(16)15(20)17-10-6-12-21-14-7-3-2-4-8-14/h2-4,7-8,19H,5-6,9-13H2,1H3,(H,17,20)/t16-/m0/s1. The van der Waals surface area contributed by atoms with Crippen molar-refractivity contribution >= 4 is 6.03 Å². The number of ether oxygens (including phenoxy) is 1. The average Bonchev–Trinajstić information content (AvgIpc) is 2.90. The number of nitrogens with one attached hydrogen (secondary N) is 1. The third kappa shape index (κ3) is 4.11. The highest BCUT2D eigenvalue weighted by atomic mass is 16.5. The number of benzene rings is 1. The molecule has 2 amide bonds. The molecule has 0 aromatic heterocycles. The van der Waals surface area contributed by atoms with Gasteiger partial charge >= 0.3 is 6.03 Å². The van der Waals surface area contributed by atoms with Crippen molar-refractivity contribution in [3.05, 3.63) is 30.3 Å². The van der Waals surface area contributed by atoms with Crippen LogP contribution in [0.2, 0.25) is 0 Å². The topological polar surface area (TPSA) is 61.8 Å². The van der Waals surface area contributed by atoms with Crippen molar-refractivity contribution in [1.29, 1.82) is 0 Å². The van der Waals surface area contributed by atoms with Gasteiger partial charge in [0.15, 0.2) is 0 Å². The van der Waals surface area contributed by atoms with Gasteiger partial charge < -0.3 is 20.1 Å². The van der Waals surface area contributed by atoms with E-state index in [2.05, 4.69) is 5.32 Å². The SMILES string of the molecule is C[C@@]1(CO)CCCN1C(=O)NCCCOc1ccccc1. The van der Waals surface area contributed by atoms with E-state index in [4.69, 9.17) is 4.74 Å². The highest BCUT2D eigenvalue weighted by Crippen LogP contribution is 2.28. The van der Waals surface area contributed by atoms with Crippen LogP contribution in [0.25, 0.3) is 0 Å². The molecule has 2 N–H and O–H groups in total. The Kier molecular flexibility index (Phi) is 5.44. The number of carbonyl (C=O) groups excluding carboxylic acids is 1. The lowest BCUT2D eigenvalue weighted by molar-refractivity contribution is 0.0973. The fourth-order valence-electron chi connectivity index (χ4n) is 2.60. The number of hydrogen-bond donors (Lipinski definition) is 2. The zero-order chi connectivity index (χ0) is 15.1. The maximum Gasteiger partial charge on any atom is 0.317 e. The van der Waals surface area contributed by atoms with E-state index in [1.165, 1.54) is 0 Å². The Morgan fingerprint density at radius 2 is 2.19 bits per heavy atom. The fraction of sp³-hybridized carbons (Fsp3) is 0.562. The molecule has 2 rings (SSSR count). The molecule has 0 spiro atoms. The highest BCUT2D eigenvalue weighted by molar-refractivity contribution is 5.75. The van der Waals surface area contributed by atoms with Gasteiger partial charge in [0, 0.05) is 13.1 Å². The number of aliphatic hydroxyl groups is 1. The van der Waals surface area contributed by atoms with E-state index in [-0.39, 0.29) is 12.6 Å². The molecule has 1 saturated heterocycles. The van der Waals surface area contributed by atoms with Gasteiger partial charge in [-0.1, -0.05) is 18.2 Å². The van der Waals surface area contributed by atoms with Gasteiger partial charge in [-0.25, -0.2) is 4.79 Å². The monoisotopic (exact) mass is 292 g/mol. The smallest absolute Gasteiger partial charge is 0.317 e. The van der Waals surface area contributed by atoms with Gasteiger partial charge in [0.25, 0.3) is 0 Å². The third-order valence-corrected chi connectivity index (χ3v) is 3.94. The summed E-state index contributed by atoms with van der Waals surface area (Å²) in [5.41, 5.74) is -0.412. The molecule has 21 heavy (non-hydrogen) atoms. The lowest BCUT2D eigenvalue weighted by Crippen LogP contribution is -2.51. The molecule has 5 nitrogen and oxygen atoms in total. The van der Waals surface area contributed by atoms with Crippen molar-refractivity contribution in [2.45, 2.75) is 31.7 Å². The number of carbonyl (C=O) groups is 1. The predicted molar refractivity (Wildman–Crippen MR) is 81.4 cm³/mol. The minimum Gasteiger partial charge on any atom is -0.494 e. The van der Waals surface area contributed by atoms with Crippen molar-refractivity contribution in [2.75, 3.05) is 26.3 Å². The van der Waals surface area contributed by atoms with E-state index in [0.717, 1.165) is 25.0 Å². The first kappa shape index (κ1) is 15.6. The van der Waals surface area contributed by atoms with E-state index in [0.29, 0.717) is 19.7 Å². The van der Waals surface area contributed by atoms with E-state index >= 15 is 0 Å². The first-order chi connectivity index (χ1) is 10.2. The Morgan fingerprint density at radius 3 is 2.90 bits per heavy atom. The normalized spacial score (nSPS) is 21.3. The molecule has 1 aliphatic rings. The quantitative estimate of drug-likeness (QED) is 0.788. The minimum absolute atomic E-state index is 0.0114. The number of hydrogen-bond acceptors (Lipinski definition) is 3. The van der Waals surface area contributed by atoms with Gasteiger partial charge in [-0.3, -0.25) is 0 Å². The summed E-state index contributed by atoms with van der Waals surface area (Å²) in [7, 11) is 0. The lowest BCUT2D eigenvalue weighted by Gasteiger charge is -2.33. The Morgan fingerprint density at radius 1 is 1.43 bits per heavy atom. The molecule has 1 aromatic rings. The first-order valence-corrected chi connectivity index (χ1v) is 7.50. The summed E-state index contributed by atoms with van der Waals surface area (Å²) in [6.45, 7) is 3.80. The van der Waals surface area contributed by atoms with Crippen LogP contribution < -0.4 is 10.1 Å². The second kappa shape index (κ2) is 7.31. The second-order valence-electron chi connectivity index (χ2n) is 5.66. The van der Waals surface area contributed by atoms with Crippen LogP contribution in [-0.2, 0) is 0 Å². The van der Waals surface area contributed by atoms with Crippen LogP contribution in [0.5, 0.6) is 5.75 Å². The summed E-state index contributed by atoms with van der Waals surface area (Å²) < 4.78 is 5.57. The molecule has 1 aromatic carbocycles. The van der Waals surface area contributed by atoms with E-state index in [1.807, 2.05) is 37.3 Å². The summed E-state index contributed by atoms with van der Waals surface area (Å²) in [5.74, 6) is 0.844. The number of para-hydroxylation sites is 1. The number of rotatable bonds is 6. The molecular formula is C16H24N2O3. The summed E-state index contributed by atoms with van der Waals surface area (Å²) in [6.07, 6.45) is 2.56. The highest BCUT2D eigenvalue weighted by Gasteiger charge is 2.38. The third-order valence-electron chi connectivity index (χ3n) is 3.94. The molecule has 0 bridgehead atoms. The molecule has 116 valence electrons. The molecule has 0 saturated carbocycles. The maximum atomic E-state index is 12.1. The predicted octanol–water partition coefficient (Wildman–Crippen LogP) is 2.01. The van der Waals surface area contributed by atoms with Gasteiger partial charge in [0.2, 0.25) is 0 Å². The molecule has 5 heteroatoms. The Balaban J connectivity index is 1.66. The number of likely N-dealkylation sites (tertiary alicyclic amines) is 1. The van der Waals surface area contributed by atoms with Gasteiger partial charge in [-0.2, -0.15) is 0 Å². The number of aliphatic hydroxyl groups excluding tert-OH is 1. The van der Waals surface area contributed by atoms with E-state index in [9.17, 15) is 9.90 Å². The second-order valence-corrected chi connectivity index (χ2v) is 5.66. The van der Waals surface area contributed by atoms with Crippen LogP contribution >= 0.6 is 0 Å². The Bertz CT molecular complexity index is 452. The van der Waals surface area contributed by atoms with Crippen molar-refractivity contribution in [3.63, 3.8) is 0 Å². The zero-order valence-electron chi connectivity index (χ0n) is 12.5. The van der Waals surface area contributed by atoms with Crippen molar-refractivity contribution in [1.82, 2.24) is 10.2 Å². The van der Waals surface area contributed by atoms with Gasteiger partial charge in [-0.15, -0.1) is 0 Å². The van der Waals surface area contributed by atoms with Gasteiger partial charge in [0.05, 0.1) is 18.8 Å². The van der Waals surface area contributed by atoms with Crippen LogP contribution in [0.3, 0.4) is 0 Å². The van der Waals surface area contributed by atoms with E-state index < -0.39 is 5.54 Å². The van der Waals surface area contributed by atoms with Gasteiger partial charge in [0.1, 0.15) is 5.75 Å². The Hall–Kier alpha value is -1.75. The largest absolute Gasteiger partial charge is 0.494 e. The van der Waals surface area contributed by atoms with Crippen LogP contribution in [0, 0.1) is 0 Å². The average molecular weight is 292 g/mol. The molecule has 0 aliphatic carbocycles. The molecule has 0 unspecified atom stereocenters. The molecule has 1 atom stereocenters. The fourth-order valence-corrected chi connectivity index (χ4v) is 2.60. The molecule has 0 radical (unpaired) electrons. The molecular weight excluding hydrogens is 268 g/mol. The summed E-state index contributed by atoms with van der Waals surface area (Å²) in [6, 6.07) is 9.54. The van der Waals surface area contributed by atoms with Crippen molar-refractivity contribution < 1.29 is 14.6 Å². The first-order valence-electron chi connectivity index (χ1n) is 7.50. The number of nitrogens with zero attached hydrogens (tertiary/aromatic N) is 1. The Labute approximate surface area is 125 Å². The minimum atomic E-state index is -0.412. The number of amides is 2.